The standard InChI is InChI=1S/C18H13N3O3S2/c1-9-3-6-14(26-9)13-8-25-18(19-13)20-15(22)10-4-5-11-12(7-10)17(24)21(2)16(11)23/h3-8H,1-2H3,(H,19,20,22). The molecule has 3 heterocycles. The fourth-order valence-electron chi connectivity index (χ4n) is 2.69. The second kappa shape index (κ2) is 6.15. The van der Waals surface area contributed by atoms with Gasteiger partial charge in [0.05, 0.1) is 21.7 Å². The summed E-state index contributed by atoms with van der Waals surface area (Å²) >= 11 is 2.98. The molecule has 2 aromatic heterocycles. The normalized spacial score (nSPS) is 13.2. The van der Waals surface area contributed by atoms with Crippen LogP contribution in [-0.4, -0.2) is 34.7 Å². The number of aromatic nitrogens is 1. The van der Waals surface area contributed by atoms with Crippen LogP contribution in [0.25, 0.3) is 10.6 Å². The number of thiophene rings is 1. The molecule has 0 radical (unpaired) electrons. The largest absolute Gasteiger partial charge is 0.298 e. The van der Waals surface area contributed by atoms with Crippen LogP contribution in [0.4, 0.5) is 5.13 Å². The Balaban J connectivity index is 1.56. The number of rotatable bonds is 3. The van der Waals surface area contributed by atoms with Crippen LogP contribution in [0.1, 0.15) is 36.0 Å². The lowest BCUT2D eigenvalue weighted by atomic mass is 10.1. The molecule has 0 fully saturated rings. The van der Waals surface area contributed by atoms with Gasteiger partial charge in [-0.1, -0.05) is 0 Å². The quantitative estimate of drug-likeness (QED) is 0.700. The van der Waals surface area contributed by atoms with Crippen molar-refractivity contribution >= 4 is 45.5 Å². The van der Waals surface area contributed by atoms with E-state index in [9.17, 15) is 14.4 Å². The van der Waals surface area contributed by atoms with Gasteiger partial charge in [-0.2, -0.15) is 0 Å². The number of amides is 3. The number of nitrogens with one attached hydrogen (secondary N) is 1. The Hall–Kier alpha value is -2.84. The van der Waals surface area contributed by atoms with Gasteiger partial charge < -0.3 is 0 Å². The van der Waals surface area contributed by atoms with Gasteiger partial charge in [0, 0.05) is 22.9 Å². The summed E-state index contributed by atoms with van der Waals surface area (Å²) in [5.41, 5.74) is 1.70. The molecule has 6 nitrogen and oxygen atoms in total. The number of hydrogen-bond acceptors (Lipinski definition) is 6. The summed E-state index contributed by atoms with van der Waals surface area (Å²) in [5.74, 6) is -1.12. The lowest BCUT2D eigenvalue weighted by Gasteiger charge is -2.03. The third kappa shape index (κ3) is 2.73. The van der Waals surface area contributed by atoms with Crippen LogP contribution < -0.4 is 5.32 Å². The topological polar surface area (TPSA) is 79.4 Å². The van der Waals surface area contributed by atoms with Gasteiger partial charge in [-0.25, -0.2) is 4.98 Å². The van der Waals surface area contributed by atoms with Gasteiger partial charge in [-0.3, -0.25) is 24.6 Å². The lowest BCUT2D eigenvalue weighted by molar-refractivity contribution is 0.0693. The predicted molar refractivity (Wildman–Crippen MR) is 101 cm³/mol. The number of anilines is 1. The maximum atomic E-state index is 12.5. The summed E-state index contributed by atoms with van der Waals surface area (Å²) in [4.78, 5) is 44.2. The summed E-state index contributed by atoms with van der Waals surface area (Å²) in [7, 11) is 1.42. The Morgan fingerprint density at radius 1 is 1.12 bits per heavy atom. The Labute approximate surface area is 157 Å². The average molecular weight is 383 g/mol. The minimum Gasteiger partial charge on any atom is -0.298 e. The first kappa shape index (κ1) is 16.6. The molecule has 0 saturated heterocycles. The van der Waals surface area contributed by atoms with Crippen LogP contribution in [0.5, 0.6) is 0 Å². The molecule has 0 bridgehead atoms. The molecule has 4 rings (SSSR count). The van der Waals surface area contributed by atoms with E-state index in [0.29, 0.717) is 16.3 Å². The number of hydrogen-bond donors (Lipinski definition) is 1. The van der Waals surface area contributed by atoms with Crippen molar-refractivity contribution < 1.29 is 14.4 Å². The van der Waals surface area contributed by atoms with Crippen molar-refractivity contribution in [1.82, 2.24) is 9.88 Å². The van der Waals surface area contributed by atoms with Gasteiger partial charge in [0.15, 0.2) is 5.13 Å². The first-order chi connectivity index (χ1) is 12.4. The SMILES string of the molecule is Cc1ccc(-c2csc(NC(=O)c3ccc4c(c3)C(=O)N(C)C4=O)n2)s1. The van der Waals surface area contributed by atoms with Crippen molar-refractivity contribution in [3.8, 4) is 10.6 Å². The Morgan fingerprint density at radius 3 is 2.62 bits per heavy atom. The Bertz CT molecular complexity index is 1070. The molecule has 0 aliphatic carbocycles. The van der Waals surface area contributed by atoms with Gasteiger partial charge in [0.2, 0.25) is 0 Å². The average Bonchev–Trinajstić information content (AvgIpc) is 3.32. The van der Waals surface area contributed by atoms with Crippen molar-refractivity contribution in [3.63, 3.8) is 0 Å². The highest BCUT2D eigenvalue weighted by molar-refractivity contribution is 7.17. The molecule has 26 heavy (non-hydrogen) atoms. The van der Waals surface area contributed by atoms with E-state index in [1.54, 1.807) is 11.3 Å². The third-order valence-electron chi connectivity index (χ3n) is 4.07. The molecule has 1 aliphatic rings. The van der Waals surface area contributed by atoms with Gasteiger partial charge >= 0.3 is 0 Å². The highest BCUT2D eigenvalue weighted by atomic mass is 32.1. The number of imide groups is 1. The van der Waals surface area contributed by atoms with Crippen LogP contribution >= 0.6 is 22.7 Å². The van der Waals surface area contributed by atoms with E-state index in [-0.39, 0.29) is 17.4 Å². The van der Waals surface area contributed by atoms with Gasteiger partial charge in [-0.15, -0.1) is 22.7 Å². The molecule has 1 N–H and O–H groups in total. The fourth-order valence-corrected chi connectivity index (χ4v) is 4.30. The maximum Gasteiger partial charge on any atom is 0.261 e. The van der Waals surface area contributed by atoms with Crippen molar-refractivity contribution in [1.29, 1.82) is 0 Å². The molecular weight excluding hydrogens is 370 g/mol. The molecule has 3 aromatic rings. The van der Waals surface area contributed by atoms with Crippen LogP contribution in [-0.2, 0) is 0 Å². The smallest absolute Gasteiger partial charge is 0.261 e. The van der Waals surface area contributed by atoms with Gasteiger partial charge in [0.25, 0.3) is 17.7 Å². The van der Waals surface area contributed by atoms with Crippen LogP contribution in [0.15, 0.2) is 35.7 Å². The summed E-state index contributed by atoms with van der Waals surface area (Å²) in [6.07, 6.45) is 0. The summed E-state index contributed by atoms with van der Waals surface area (Å²) in [6.45, 7) is 2.03. The van der Waals surface area contributed by atoms with E-state index in [1.807, 2.05) is 24.4 Å². The van der Waals surface area contributed by atoms with Crippen molar-refractivity contribution in [3.05, 3.63) is 57.3 Å². The van der Waals surface area contributed by atoms with Crippen LogP contribution in [0, 0.1) is 6.92 Å². The number of fused-ring (bicyclic) bond motifs is 1. The van der Waals surface area contributed by atoms with Crippen molar-refractivity contribution in [2.75, 3.05) is 12.4 Å². The van der Waals surface area contributed by atoms with Gasteiger partial charge in [-0.05, 0) is 37.3 Å². The first-order valence-corrected chi connectivity index (χ1v) is 9.44. The van der Waals surface area contributed by atoms with E-state index in [4.69, 9.17) is 0 Å². The lowest BCUT2D eigenvalue weighted by Crippen LogP contribution is -2.24. The number of thiazole rings is 1. The Kier molecular flexibility index (Phi) is 3.93. The third-order valence-corrected chi connectivity index (χ3v) is 5.85. The monoisotopic (exact) mass is 383 g/mol. The zero-order valence-electron chi connectivity index (χ0n) is 13.9. The van der Waals surface area contributed by atoms with E-state index in [0.717, 1.165) is 15.5 Å². The van der Waals surface area contributed by atoms with Crippen LogP contribution in [0.2, 0.25) is 0 Å². The number of nitrogens with zero attached hydrogens (tertiary/aromatic N) is 2. The Morgan fingerprint density at radius 2 is 1.88 bits per heavy atom. The second-order valence-electron chi connectivity index (χ2n) is 5.83. The number of benzene rings is 1. The molecule has 130 valence electrons. The molecule has 1 aromatic carbocycles. The second-order valence-corrected chi connectivity index (χ2v) is 7.98. The summed E-state index contributed by atoms with van der Waals surface area (Å²) in [6, 6.07) is 8.52. The predicted octanol–water partition coefficient (Wildman–Crippen LogP) is 3.66. The minimum absolute atomic E-state index is 0.249. The van der Waals surface area contributed by atoms with Crippen molar-refractivity contribution in [2.45, 2.75) is 6.92 Å². The first-order valence-electron chi connectivity index (χ1n) is 7.74. The van der Waals surface area contributed by atoms with E-state index >= 15 is 0 Å². The fraction of sp³-hybridized carbons (Fsp3) is 0.111. The molecule has 3 amide bonds. The number of carbonyl (C=O) groups excluding carboxylic acids is 3. The van der Waals surface area contributed by atoms with Crippen LogP contribution in [0.3, 0.4) is 0 Å². The molecule has 0 spiro atoms. The molecule has 8 heteroatoms. The maximum absolute atomic E-state index is 12.5. The summed E-state index contributed by atoms with van der Waals surface area (Å²) < 4.78 is 0. The highest BCUT2D eigenvalue weighted by Crippen LogP contribution is 2.30. The molecule has 0 saturated carbocycles. The summed E-state index contributed by atoms with van der Waals surface area (Å²) in [5, 5.41) is 5.12. The van der Waals surface area contributed by atoms with E-state index in [2.05, 4.69) is 10.3 Å². The zero-order chi connectivity index (χ0) is 18.4. The molecular formula is C18H13N3O3S2. The molecule has 0 atom stereocenters. The van der Waals surface area contributed by atoms with E-state index in [1.165, 1.54) is 41.5 Å². The number of carbonyl (C=O) groups is 3. The minimum atomic E-state index is -0.399. The van der Waals surface area contributed by atoms with Crippen molar-refractivity contribution in [2.24, 2.45) is 0 Å². The zero-order valence-corrected chi connectivity index (χ0v) is 15.5. The highest BCUT2D eigenvalue weighted by Gasteiger charge is 2.33. The van der Waals surface area contributed by atoms with Gasteiger partial charge in [0.1, 0.15) is 0 Å². The molecule has 1 aliphatic heterocycles. The van der Waals surface area contributed by atoms with E-state index < -0.39 is 5.91 Å². The molecule has 0 unspecified atom stereocenters. The number of aryl methyl sites for hydroxylation is 1.